The topological polar surface area (TPSA) is 31.6 Å². The van der Waals surface area contributed by atoms with Crippen molar-refractivity contribution in [3.8, 4) is 0 Å². The molecule has 1 N–H and O–H groups in total. The molecule has 1 aromatic heterocycles. The number of likely N-dealkylation sites (N-methyl/N-ethyl adjacent to an activating group) is 1. The zero-order chi connectivity index (χ0) is 15.5. The first kappa shape index (κ1) is 16.5. The van der Waals surface area contributed by atoms with Crippen molar-refractivity contribution >= 4 is 0 Å². The monoisotopic (exact) mass is 293 g/mol. The highest BCUT2D eigenvalue weighted by Gasteiger charge is 2.23. The van der Waals surface area contributed by atoms with Gasteiger partial charge in [0.15, 0.2) is 0 Å². The van der Waals surface area contributed by atoms with Gasteiger partial charge in [0.1, 0.15) is 11.5 Å². The molecule has 4 nitrogen and oxygen atoms in total. The number of furan rings is 1. The van der Waals surface area contributed by atoms with E-state index in [4.69, 9.17) is 4.42 Å². The van der Waals surface area contributed by atoms with E-state index in [1.807, 2.05) is 0 Å². The first-order valence-electron chi connectivity index (χ1n) is 8.16. The normalized spacial score (nSPS) is 21.9. The molecule has 2 rings (SSSR count). The number of rotatable bonds is 5. The molecule has 4 heteroatoms. The summed E-state index contributed by atoms with van der Waals surface area (Å²) in [6, 6.07) is 4.86. The molecule has 0 bridgehead atoms. The highest BCUT2D eigenvalue weighted by molar-refractivity contribution is 5.07. The van der Waals surface area contributed by atoms with Crippen LogP contribution in [0.4, 0.5) is 0 Å². The van der Waals surface area contributed by atoms with Crippen LogP contribution in [0, 0.1) is 0 Å². The lowest BCUT2D eigenvalue weighted by molar-refractivity contribution is 0.0786. The summed E-state index contributed by atoms with van der Waals surface area (Å²) in [5.41, 5.74) is 0.124. The second-order valence-electron chi connectivity index (χ2n) is 7.18. The quantitative estimate of drug-likeness (QED) is 0.904. The van der Waals surface area contributed by atoms with Crippen LogP contribution in [0.5, 0.6) is 0 Å². The van der Waals surface area contributed by atoms with E-state index >= 15 is 0 Å². The molecule has 1 aliphatic heterocycles. The summed E-state index contributed by atoms with van der Waals surface area (Å²) in [5, 5.41) is 3.46. The Labute approximate surface area is 129 Å². The predicted octanol–water partition coefficient (Wildman–Crippen LogP) is 2.69. The average Bonchev–Trinajstić information content (AvgIpc) is 2.83. The molecule has 21 heavy (non-hydrogen) atoms. The van der Waals surface area contributed by atoms with Crippen molar-refractivity contribution in [2.24, 2.45) is 0 Å². The summed E-state index contributed by atoms with van der Waals surface area (Å²) < 4.78 is 5.95. The van der Waals surface area contributed by atoms with Crippen LogP contribution in [-0.2, 0) is 13.1 Å². The van der Waals surface area contributed by atoms with Crippen molar-refractivity contribution < 1.29 is 4.42 Å². The summed E-state index contributed by atoms with van der Waals surface area (Å²) in [6.45, 7) is 17.4. The van der Waals surface area contributed by atoms with Gasteiger partial charge in [0, 0.05) is 31.2 Å². The summed E-state index contributed by atoms with van der Waals surface area (Å²) in [6.07, 6.45) is 0. The fourth-order valence-electron chi connectivity index (χ4n) is 2.86. The van der Waals surface area contributed by atoms with Crippen molar-refractivity contribution in [2.45, 2.75) is 59.3 Å². The van der Waals surface area contributed by atoms with Crippen molar-refractivity contribution in [3.63, 3.8) is 0 Å². The maximum absolute atomic E-state index is 5.95. The van der Waals surface area contributed by atoms with Gasteiger partial charge < -0.3 is 9.73 Å². The molecule has 1 aliphatic rings. The summed E-state index contributed by atoms with van der Waals surface area (Å²) >= 11 is 0. The SMILES string of the molecule is CCN1CCN(Cc2ccc(CNC(C)(C)C)o2)CC1C. The number of nitrogens with one attached hydrogen (secondary N) is 1. The fourth-order valence-corrected chi connectivity index (χ4v) is 2.86. The molecule has 0 radical (unpaired) electrons. The minimum absolute atomic E-state index is 0.124. The molecular formula is C17H31N3O. The largest absolute Gasteiger partial charge is 0.463 e. The van der Waals surface area contributed by atoms with Crippen LogP contribution in [0.2, 0.25) is 0 Å². The average molecular weight is 293 g/mol. The standard InChI is InChI=1S/C17H31N3O/c1-6-20-10-9-19(12-14(20)2)13-16-8-7-15(21-16)11-18-17(3,4)5/h7-8,14,18H,6,9-13H2,1-5H3. The van der Waals surface area contributed by atoms with Crippen LogP contribution in [-0.4, -0.2) is 47.6 Å². The van der Waals surface area contributed by atoms with Gasteiger partial charge in [-0.25, -0.2) is 0 Å². The smallest absolute Gasteiger partial charge is 0.118 e. The van der Waals surface area contributed by atoms with Crippen LogP contribution < -0.4 is 5.32 Å². The van der Waals surface area contributed by atoms with Gasteiger partial charge in [-0.2, -0.15) is 0 Å². The molecule has 120 valence electrons. The third-order valence-electron chi connectivity index (χ3n) is 4.15. The van der Waals surface area contributed by atoms with Gasteiger partial charge in [0.2, 0.25) is 0 Å². The lowest BCUT2D eigenvalue weighted by Gasteiger charge is -2.38. The molecule has 0 amide bonds. The van der Waals surface area contributed by atoms with E-state index in [2.05, 4.69) is 61.9 Å². The molecule has 0 saturated carbocycles. The molecular weight excluding hydrogens is 262 g/mol. The Morgan fingerprint density at radius 3 is 2.57 bits per heavy atom. The summed E-state index contributed by atoms with van der Waals surface area (Å²) in [4.78, 5) is 5.04. The second-order valence-corrected chi connectivity index (χ2v) is 7.18. The Morgan fingerprint density at radius 2 is 1.95 bits per heavy atom. The van der Waals surface area contributed by atoms with Gasteiger partial charge in [0.05, 0.1) is 13.1 Å². The van der Waals surface area contributed by atoms with Crippen LogP contribution in [0.1, 0.15) is 46.1 Å². The summed E-state index contributed by atoms with van der Waals surface area (Å²) in [5.74, 6) is 2.11. The Morgan fingerprint density at radius 1 is 1.24 bits per heavy atom. The highest BCUT2D eigenvalue weighted by atomic mass is 16.3. The van der Waals surface area contributed by atoms with Crippen molar-refractivity contribution in [2.75, 3.05) is 26.2 Å². The second kappa shape index (κ2) is 6.95. The van der Waals surface area contributed by atoms with E-state index in [0.29, 0.717) is 6.04 Å². The Balaban J connectivity index is 1.83. The first-order valence-corrected chi connectivity index (χ1v) is 8.16. The maximum atomic E-state index is 5.95. The van der Waals surface area contributed by atoms with Gasteiger partial charge in [-0.1, -0.05) is 6.92 Å². The molecule has 0 aromatic carbocycles. The van der Waals surface area contributed by atoms with E-state index in [9.17, 15) is 0 Å². The van der Waals surface area contributed by atoms with Crippen LogP contribution in [0.15, 0.2) is 16.5 Å². The molecule has 1 fully saturated rings. The summed E-state index contributed by atoms with van der Waals surface area (Å²) in [7, 11) is 0. The van der Waals surface area contributed by atoms with Crippen LogP contribution in [0.25, 0.3) is 0 Å². The Kier molecular flexibility index (Phi) is 5.47. The van der Waals surface area contributed by atoms with Crippen molar-refractivity contribution in [1.82, 2.24) is 15.1 Å². The fraction of sp³-hybridized carbons (Fsp3) is 0.765. The zero-order valence-corrected chi connectivity index (χ0v) is 14.3. The van der Waals surface area contributed by atoms with Crippen LogP contribution >= 0.6 is 0 Å². The number of piperazine rings is 1. The molecule has 0 aliphatic carbocycles. The number of hydrogen-bond acceptors (Lipinski definition) is 4. The molecule has 1 aromatic rings. The van der Waals surface area contributed by atoms with Crippen LogP contribution in [0.3, 0.4) is 0 Å². The van der Waals surface area contributed by atoms with Crippen molar-refractivity contribution in [3.05, 3.63) is 23.7 Å². The van der Waals surface area contributed by atoms with Gasteiger partial charge in [-0.05, 0) is 46.4 Å². The van der Waals surface area contributed by atoms with E-state index in [-0.39, 0.29) is 5.54 Å². The lowest BCUT2D eigenvalue weighted by atomic mass is 10.1. The minimum Gasteiger partial charge on any atom is -0.463 e. The predicted molar refractivity (Wildman–Crippen MR) is 87.3 cm³/mol. The van der Waals surface area contributed by atoms with E-state index in [0.717, 1.165) is 50.8 Å². The molecule has 0 spiro atoms. The third-order valence-corrected chi connectivity index (χ3v) is 4.15. The third kappa shape index (κ3) is 5.13. The first-order chi connectivity index (χ1) is 9.87. The molecule has 1 unspecified atom stereocenters. The van der Waals surface area contributed by atoms with Gasteiger partial charge in [-0.3, -0.25) is 9.80 Å². The molecule has 1 saturated heterocycles. The number of nitrogens with zero attached hydrogens (tertiary/aromatic N) is 2. The Hall–Kier alpha value is -0.840. The van der Waals surface area contributed by atoms with E-state index in [1.165, 1.54) is 0 Å². The highest BCUT2D eigenvalue weighted by Crippen LogP contribution is 2.15. The number of hydrogen-bond donors (Lipinski definition) is 1. The van der Waals surface area contributed by atoms with E-state index < -0.39 is 0 Å². The van der Waals surface area contributed by atoms with Gasteiger partial charge in [0.25, 0.3) is 0 Å². The minimum atomic E-state index is 0.124. The molecule has 1 atom stereocenters. The lowest BCUT2D eigenvalue weighted by Crippen LogP contribution is -2.51. The van der Waals surface area contributed by atoms with E-state index in [1.54, 1.807) is 0 Å². The maximum Gasteiger partial charge on any atom is 0.118 e. The van der Waals surface area contributed by atoms with Crippen molar-refractivity contribution in [1.29, 1.82) is 0 Å². The van der Waals surface area contributed by atoms with Gasteiger partial charge in [-0.15, -0.1) is 0 Å². The Bertz CT molecular complexity index is 435. The molecule has 2 heterocycles. The van der Waals surface area contributed by atoms with Gasteiger partial charge >= 0.3 is 0 Å². The zero-order valence-electron chi connectivity index (χ0n) is 14.3.